The first-order chi connectivity index (χ1) is 7.00. The van der Waals surface area contributed by atoms with Crippen molar-refractivity contribution in [2.75, 3.05) is 0 Å². The highest BCUT2D eigenvalue weighted by Gasteiger charge is 2.29. The molecule has 0 unspecified atom stereocenters. The van der Waals surface area contributed by atoms with Crippen molar-refractivity contribution in [3.63, 3.8) is 0 Å². The third-order valence-corrected chi connectivity index (χ3v) is 2.37. The molecule has 0 aliphatic rings. The van der Waals surface area contributed by atoms with Gasteiger partial charge in [-0.15, -0.1) is 0 Å². The fraction of sp³-hybridized carbons (Fsp3) is 0.100. The van der Waals surface area contributed by atoms with Gasteiger partial charge >= 0.3 is 6.98 Å². The maximum Gasteiger partial charge on any atom is 0.510 e. The van der Waals surface area contributed by atoms with Crippen molar-refractivity contribution in [3.8, 4) is 0 Å². The summed E-state index contributed by atoms with van der Waals surface area (Å²) in [5.41, 5.74) is 0.112. The number of hydrogen-bond donors (Lipinski definition) is 0. The van der Waals surface area contributed by atoms with Crippen molar-refractivity contribution < 1.29 is 12.9 Å². The second-order valence-corrected chi connectivity index (χ2v) is 3.44. The predicted octanol–water partition coefficient (Wildman–Crippen LogP) is 2.60. The second-order valence-electron chi connectivity index (χ2n) is 3.44. The fourth-order valence-corrected chi connectivity index (χ4v) is 1.72. The van der Waals surface area contributed by atoms with Gasteiger partial charge in [0.05, 0.1) is 5.52 Å². The molecule has 0 amide bonds. The molecule has 0 bridgehead atoms. The van der Waals surface area contributed by atoms with E-state index in [1.165, 1.54) is 31.3 Å². The summed E-state index contributed by atoms with van der Waals surface area (Å²) < 4.78 is 38.4. The number of pyridine rings is 1. The van der Waals surface area contributed by atoms with Gasteiger partial charge in [-0.25, -0.2) is 0 Å². The molecule has 78 valence electrons. The van der Waals surface area contributed by atoms with Crippen LogP contribution in [0.4, 0.5) is 12.9 Å². The van der Waals surface area contributed by atoms with Crippen LogP contribution >= 0.6 is 0 Å². The van der Waals surface area contributed by atoms with Gasteiger partial charge in [0.25, 0.3) is 0 Å². The number of nitrogens with zero attached hydrogens (tertiary/aromatic N) is 1. The molecule has 2 aromatic rings. The summed E-state index contributed by atoms with van der Waals surface area (Å²) in [5.74, 6) is 0. The highest BCUT2D eigenvalue weighted by molar-refractivity contribution is 6.76. The summed E-state index contributed by atoms with van der Waals surface area (Å²) in [6.07, 6.45) is 1.49. The molecule has 0 aliphatic heterocycles. The molecular weight excluding hydrogens is 202 g/mol. The van der Waals surface area contributed by atoms with E-state index in [4.69, 9.17) is 0 Å². The SMILES string of the molecule is Cc1ccc2ncccc2c1[B-](F)(F)F. The second kappa shape index (κ2) is 3.26. The standard InChI is InChI=1S/C10H8BF3N/c1-7-4-5-9-8(3-2-6-15-9)10(7)11(12,13)14/h2-6H,1H3/q-1. The minimum atomic E-state index is -4.98. The first-order valence-corrected chi connectivity index (χ1v) is 4.54. The maximum absolute atomic E-state index is 12.8. The van der Waals surface area contributed by atoms with Crippen LogP contribution in [-0.2, 0) is 0 Å². The van der Waals surface area contributed by atoms with Gasteiger partial charge in [0.2, 0.25) is 0 Å². The summed E-state index contributed by atoms with van der Waals surface area (Å²) in [7, 11) is 0. The third kappa shape index (κ3) is 1.69. The van der Waals surface area contributed by atoms with Crippen LogP contribution in [0.1, 0.15) is 5.56 Å². The van der Waals surface area contributed by atoms with E-state index in [0.717, 1.165) is 0 Å². The Morgan fingerprint density at radius 2 is 1.87 bits per heavy atom. The number of rotatable bonds is 1. The smallest absolute Gasteiger partial charge is 0.445 e. The van der Waals surface area contributed by atoms with E-state index < -0.39 is 12.4 Å². The molecule has 2 rings (SSSR count). The van der Waals surface area contributed by atoms with Gasteiger partial charge in [-0.2, -0.15) is 0 Å². The lowest BCUT2D eigenvalue weighted by molar-refractivity contribution is 0.501. The van der Waals surface area contributed by atoms with Crippen LogP contribution in [0.25, 0.3) is 10.9 Å². The zero-order chi connectivity index (χ0) is 11.1. The Morgan fingerprint density at radius 3 is 2.53 bits per heavy atom. The first-order valence-electron chi connectivity index (χ1n) is 4.54. The Bertz CT molecular complexity index is 507. The summed E-state index contributed by atoms with van der Waals surface area (Å²) in [4.78, 5) is 3.91. The lowest BCUT2D eigenvalue weighted by atomic mass is 9.75. The zero-order valence-corrected chi connectivity index (χ0v) is 8.05. The Morgan fingerprint density at radius 1 is 1.13 bits per heavy atom. The van der Waals surface area contributed by atoms with Crippen LogP contribution in [0, 0.1) is 6.92 Å². The fourth-order valence-electron chi connectivity index (χ4n) is 1.72. The zero-order valence-electron chi connectivity index (χ0n) is 8.05. The van der Waals surface area contributed by atoms with E-state index >= 15 is 0 Å². The van der Waals surface area contributed by atoms with Gasteiger partial charge in [-0.1, -0.05) is 23.2 Å². The van der Waals surface area contributed by atoms with E-state index in [1.807, 2.05) is 0 Å². The average Bonchev–Trinajstić information content (AvgIpc) is 2.15. The average molecular weight is 210 g/mol. The van der Waals surface area contributed by atoms with E-state index in [2.05, 4.69) is 4.98 Å². The van der Waals surface area contributed by atoms with Crippen molar-refractivity contribution in [3.05, 3.63) is 36.0 Å². The molecule has 0 spiro atoms. The number of hydrogen-bond acceptors (Lipinski definition) is 1. The Hall–Kier alpha value is -1.52. The van der Waals surface area contributed by atoms with Gasteiger partial charge in [0, 0.05) is 6.20 Å². The molecule has 1 aromatic heterocycles. The van der Waals surface area contributed by atoms with Crippen LogP contribution in [-0.4, -0.2) is 12.0 Å². The molecule has 0 atom stereocenters. The molecule has 0 saturated carbocycles. The Balaban J connectivity index is 2.86. The summed E-state index contributed by atoms with van der Waals surface area (Å²) in [6.45, 7) is -3.51. The largest absolute Gasteiger partial charge is 0.510 e. The van der Waals surface area contributed by atoms with Gasteiger partial charge in [-0.3, -0.25) is 4.98 Å². The number of aromatic nitrogens is 1. The quantitative estimate of drug-likeness (QED) is 0.659. The van der Waals surface area contributed by atoms with Crippen LogP contribution in [0.3, 0.4) is 0 Å². The summed E-state index contributed by atoms with van der Waals surface area (Å²) >= 11 is 0. The molecule has 0 aliphatic carbocycles. The van der Waals surface area contributed by atoms with Gasteiger partial charge in [0.1, 0.15) is 0 Å². The van der Waals surface area contributed by atoms with Crippen molar-refractivity contribution in [2.24, 2.45) is 0 Å². The Labute approximate surface area is 85.0 Å². The molecule has 1 aromatic carbocycles. The van der Waals surface area contributed by atoms with Crippen LogP contribution < -0.4 is 5.46 Å². The number of fused-ring (bicyclic) bond motifs is 1. The van der Waals surface area contributed by atoms with Gasteiger partial charge in [0.15, 0.2) is 0 Å². The van der Waals surface area contributed by atoms with Gasteiger partial charge in [-0.05, 0) is 24.4 Å². The molecule has 0 fully saturated rings. The highest BCUT2D eigenvalue weighted by atomic mass is 19.4. The van der Waals surface area contributed by atoms with E-state index in [-0.39, 0.29) is 10.9 Å². The van der Waals surface area contributed by atoms with Crippen molar-refractivity contribution in [1.82, 2.24) is 4.98 Å². The molecule has 0 N–H and O–H groups in total. The number of aryl methyl sites for hydroxylation is 1. The lowest BCUT2D eigenvalue weighted by Gasteiger charge is -2.20. The lowest BCUT2D eigenvalue weighted by Crippen LogP contribution is -2.36. The minimum Gasteiger partial charge on any atom is -0.445 e. The Kier molecular flexibility index (Phi) is 2.18. The van der Waals surface area contributed by atoms with Crippen molar-refractivity contribution >= 4 is 23.3 Å². The molecule has 1 nitrogen and oxygen atoms in total. The molecule has 15 heavy (non-hydrogen) atoms. The molecule has 0 radical (unpaired) electrons. The van der Waals surface area contributed by atoms with Crippen LogP contribution in [0.5, 0.6) is 0 Å². The highest BCUT2D eigenvalue weighted by Crippen LogP contribution is 2.19. The monoisotopic (exact) mass is 210 g/mol. The van der Waals surface area contributed by atoms with Crippen molar-refractivity contribution in [1.29, 1.82) is 0 Å². The maximum atomic E-state index is 12.8. The van der Waals surface area contributed by atoms with Crippen LogP contribution in [0.15, 0.2) is 30.5 Å². The first kappa shape index (κ1) is 10.0. The molecule has 1 heterocycles. The topological polar surface area (TPSA) is 12.9 Å². The number of benzene rings is 1. The van der Waals surface area contributed by atoms with Crippen molar-refractivity contribution in [2.45, 2.75) is 6.92 Å². The molecule has 0 saturated heterocycles. The number of halogens is 3. The summed E-state index contributed by atoms with van der Waals surface area (Å²) in [6, 6.07) is 6.04. The molecular formula is C10H8BF3N-. The van der Waals surface area contributed by atoms with Crippen LogP contribution in [0.2, 0.25) is 0 Å². The van der Waals surface area contributed by atoms with E-state index in [0.29, 0.717) is 5.52 Å². The third-order valence-electron chi connectivity index (χ3n) is 2.37. The van der Waals surface area contributed by atoms with Gasteiger partial charge < -0.3 is 12.9 Å². The normalized spacial score (nSPS) is 12.0. The van der Waals surface area contributed by atoms with E-state index in [1.54, 1.807) is 6.07 Å². The predicted molar refractivity (Wildman–Crippen MR) is 55.2 cm³/mol. The van der Waals surface area contributed by atoms with E-state index in [9.17, 15) is 12.9 Å². The minimum absolute atomic E-state index is 0.185. The molecule has 5 heteroatoms. The summed E-state index contributed by atoms with van der Waals surface area (Å²) in [5, 5.41) is 0.185.